The van der Waals surface area contributed by atoms with Crippen LogP contribution in [0.4, 0.5) is 0 Å². The van der Waals surface area contributed by atoms with E-state index in [4.69, 9.17) is 0 Å². The minimum Gasteiger partial charge on any atom is -0.350 e. The van der Waals surface area contributed by atoms with Gasteiger partial charge in [0.2, 0.25) is 0 Å². The number of aromatic nitrogens is 3. The average Bonchev–Trinajstić information content (AvgIpc) is 3.03. The van der Waals surface area contributed by atoms with Crippen LogP contribution >= 0.6 is 0 Å². The Bertz CT molecular complexity index is 839. The third-order valence-electron chi connectivity index (χ3n) is 4.30. The van der Waals surface area contributed by atoms with Crippen molar-refractivity contribution in [3.05, 3.63) is 53.7 Å². The topological polar surface area (TPSA) is 50.7 Å². The summed E-state index contributed by atoms with van der Waals surface area (Å²) in [6.07, 6.45) is 4.25. The van der Waals surface area contributed by atoms with Crippen molar-refractivity contribution < 1.29 is 4.79 Å². The van der Waals surface area contributed by atoms with Gasteiger partial charge in [0.1, 0.15) is 0 Å². The fourth-order valence-corrected chi connectivity index (χ4v) is 2.95. The van der Waals surface area contributed by atoms with E-state index in [0.717, 1.165) is 27.9 Å². The number of Topliss-reactive ketones (excluding diaryl/α,β-unsaturated/α-hetero) is 1. The number of para-hydroxylation sites is 1. The van der Waals surface area contributed by atoms with Gasteiger partial charge < -0.3 is 9.55 Å². The number of aryl methyl sites for hydroxylation is 2. The van der Waals surface area contributed by atoms with Crippen molar-refractivity contribution in [2.24, 2.45) is 12.5 Å². The molecule has 3 aromatic rings. The first kappa shape index (κ1) is 14.6. The van der Waals surface area contributed by atoms with Crippen LogP contribution in [0, 0.1) is 12.3 Å². The molecule has 0 spiro atoms. The molecule has 4 heteroatoms. The molecule has 4 nitrogen and oxygen atoms in total. The first-order valence-electron chi connectivity index (χ1n) is 7.48. The van der Waals surface area contributed by atoms with Crippen molar-refractivity contribution in [3.63, 3.8) is 0 Å². The Hall–Kier alpha value is -2.36. The maximum absolute atomic E-state index is 13.1. The van der Waals surface area contributed by atoms with E-state index in [2.05, 4.69) is 9.97 Å². The summed E-state index contributed by atoms with van der Waals surface area (Å²) >= 11 is 0. The zero-order valence-corrected chi connectivity index (χ0v) is 13.5. The highest BCUT2D eigenvalue weighted by molar-refractivity contribution is 6.10. The summed E-state index contributed by atoms with van der Waals surface area (Å²) in [6.45, 7) is 5.97. The van der Waals surface area contributed by atoms with E-state index < -0.39 is 5.41 Å². The van der Waals surface area contributed by atoms with E-state index in [-0.39, 0.29) is 5.78 Å². The van der Waals surface area contributed by atoms with Gasteiger partial charge in [0.15, 0.2) is 5.78 Å². The highest BCUT2D eigenvalue weighted by Crippen LogP contribution is 2.31. The van der Waals surface area contributed by atoms with E-state index in [9.17, 15) is 4.79 Å². The number of carbonyl (C=O) groups is 1. The number of benzene rings is 1. The van der Waals surface area contributed by atoms with Gasteiger partial charge >= 0.3 is 0 Å². The number of hydrogen-bond acceptors (Lipinski definition) is 2. The first-order valence-corrected chi connectivity index (χ1v) is 7.48. The van der Waals surface area contributed by atoms with Gasteiger partial charge in [-0.2, -0.15) is 0 Å². The second-order valence-corrected chi connectivity index (χ2v) is 6.53. The number of aromatic amines is 1. The fourth-order valence-electron chi connectivity index (χ4n) is 2.95. The van der Waals surface area contributed by atoms with Crippen molar-refractivity contribution in [2.75, 3.05) is 0 Å². The second-order valence-electron chi connectivity index (χ2n) is 6.53. The zero-order chi connectivity index (χ0) is 15.9. The Morgan fingerprint density at radius 3 is 2.73 bits per heavy atom. The van der Waals surface area contributed by atoms with Crippen molar-refractivity contribution in [1.29, 1.82) is 0 Å². The van der Waals surface area contributed by atoms with Crippen molar-refractivity contribution in [3.8, 4) is 0 Å². The van der Waals surface area contributed by atoms with Gasteiger partial charge in [0.05, 0.1) is 12.0 Å². The summed E-state index contributed by atoms with van der Waals surface area (Å²) in [4.78, 5) is 20.5. The van der Waals surface area contributed by atoms with Gasteiger partial charge in [-0.3, -0.25) is 4.79 Å². The van der Waals surface area contributed by atoms with Crippen molar-refractivity contribution in [1.82, 2.24) is 14.5 Å². The number of nitrogens with zero attached hydrogens (tertiary/aromatic N) is 2. The van der Waals surface area contributed by atoms with E-state index in [1.807, 2.05) is 62.8 Å². The normalized spacial score (nSPS) is 12.0. The molecule has 0 unspecified atom stereocenters. The van der Waals surface area contributed by atoms with Crippen LogP contribution in [0.15, 0.2) is 36.8 Å². The molecule has 114 valence electrons. The molecule has 0 amide bonds. The Labute approximate surface area is 130 Å². The number of fused-ring (bicyclic) bond motifs is 1. The lowest BCUT2D eigenvalue weighted by Crippen LogP contribution is -2.27. The Kier molecular flexibility index (Phi) is 3.39. The summed E-state index contributed by atoms with van der Waals surface area (Å²) in [6, 6.07) is 8.02. The molecule has 2 aromatic heterocycles. The predicted molar refractivity (Wildman–Crippen MR) is 88.1 cm³/mol. The van der Waals surface area contributed by atoms with Crippen LogP contribution in [0.1, 0.15) is 35.6 Å². The highest BCUT2D eigenvalue weighted by atomic mass is 16.1. The number of imidazole rings is 1. The van der Waals surface area contributed by atoms with Crippen molar-refractivity contribution >= 4 is 16.7 Å². The largest absolute Gasteiger partial charge is 0.350 e. The third-order valence-corrected chi connectivity index (χ3v) is 4.30. The molecule has 0 aliphatic heterocycles. The number of rotatable bonds is 4. The molecule has 1 aromatic carbocycles. The van der Waals surface area contributed by atoms with Crippen LogP contribution < -0.4 is 0 Å². The molecule has 0 bridgehead atoms. The summed E-state index contributed by atoms with van der Waals surface area (Å²) in [7, 11) is 1.98. The van der Waals surface area contributed by atoms with Gasteiger partial charge in [0.25, 0.3) is 0 Å². The second kappa shape index (κ2) is 5.13. The monoisotopic (exact) mass is 295 g/mol. The average molecular weight is 295 g/mol. The van der Waals surface area contributed by atoms with Crippen LogP contribution in [-0.4, -0.2) is 20.3 Å². The molecule has 0 saturated heterocycles. The van der Waals surface area contributed by atoms with Gasteiger partial charge in [0, 0.05) is 47.2 Å². The number of carbonyl (C=O) groups excluding carboxylic acids is 1. The highest BCUT2D eigenvalue weighted by Gasteiger charge is 2.32. The maximum atomic E-state index is 13.1. The molecule has 0 aliphatic carbocycles. The fraction of sp³-hybridized carbons (Fsp3) is 0.333. The lowest BCUT2D eigenvalue weighted by molar-refractivity contribution is 0.0838. The van der Waals surface area contributed by atoms with E-state index in [1.165, 1.54) is 0 Å². The maximum Gasteiger partial charge on any atom is 0.170 e. The van der Waals surface area contributed by atoms with Gasteiger partial charge in [-0.15, -0.1) is 0 Å². The van der Waals surface area contributed by atoms with Gasteiger partial charge in [-0.1, -0.05) is 32.0 Å². The van der Waals surface area contributed by atoms with Gasteiger partial charge in [-0.05, 0) is 13.0 Å². The molecule has 0 aliphatic rings. The molecule has 0 radical (unpaired) electrons. The SMILES string of the molecule is Cc1[nH]cnc1CC(C)(C)C(=O)c1cn(C)c2ccccc12. The van der Waals surface area contributed by atoms with E-state index >= 15 is 0 Å². The first-order chi connectivity index (χ1) is 10.4. The van der Waals surface area contributed by atoms with Crippen LogP contribution in [0.3, 0.4) is 0 Å². The van der Waals surface area contributed by atoms with Crippen LogP contribution in [0.2, 0.25) is 0 Å². The van der Waals surface area contributed by atoms with Crippen LogP contribution in [0.25, 0.3) is 10.9 Å². The Balaban J connectivity index is 1.99. The smallest absolute Gasteiger partial charge is 0.170 e. The third kappa shape index (κ3) is 2.34. The molecule has 3 rings (SSSR count). The molecule has 2 heterocycles. The lowest BCUT2D eigenvalue weighted by Gasteiger charge is -2.22. The summed E-state index contributed by atoms with van der Waals surface area (Å²) < 4.78 is 2.01. The van der Waals surface area contributed by atoms with Crippen LogP contribution in [0.5, 0.6) is 0 Å². The van der Waals surface area contributed by atoms with Crippen molar-refractivity contribution in [2.45, 2.75) is 27.2 Å². The minimum atomic E-state index is -0.496. The molecule has 22 heavy (non-hydrogen) atoms. The quantitative estimate of drug-likeness (QED) is 0.747. The lowest BCUT2D eigenvalue weighted by atomic mass is 9.80. The minimum absolute atomic E-state index is 0.159. The molecule has 0 fully saturated rings. The summed E-state index contributed by atoms with van der Waals surface area (Å²) in [5.41, 5.74) is 3.36. The zero-order valence-electron chi connectivity index (χ0n) is 13.5. The standard InChI is InChI=1S/C18H21N3O/c1-12-15(20-11-19-12)9-18(2,3)17(22)14-10-21(4)16-8-6-5-7-13(14)16/h5-8,10-11H,9H2,1-4H3,(H,19,20). The number of hydrogen-bond donors (Lipinski definition) is 1. The number of ketones is 1. The van der Waals surface area contributed by atoms with Crippen LogP contribution in [-0.2, 0) is 13.5 Å². The Morgan fingerprint density at radius 1 is 1.32 bits per heavy atom. The molecule has 0 saturated carbocycles. The van der Waals surface area contributed by atoms with Gasteiger partial charge in [-0.25, -0.2) is 4.98 Å². The molecule has 0 atom stereocenters. The Morgan fingerprint density at radius 2 is 2.05 bits per heavy atom. The number of H-pyrrole nitrogens is 1. The summed E-state index contributed by atoms with van der Waals surface area (Å²) in [5.74, 6) is 0.159. The molecular weight excluding hydrogens is 274 g/mol. The summed E-state index contributed by atoms with van der Waals surface area (Å²) in [5, 5.41) is 1.02. The van der Waals surface area contributed by atoms with E-state index in [0.29, 0.717) is 6.42 Å². The number of nitrogens with one attached hydrogen (secondary N) is 1. The molecular formula is C18H21N3O. The predicted octanol–water partition coefficient (Wildman–Crippen LogP) is 3.66. The van der Waals surface area contributed by atoms with E-state index in [1.54, 1.807) is 6.33 Å². The molecule has 1 N–H and O–H groups in total.